The fourth-order valence-electron chi connectivity index (χ4n) is 2.39. The Morgan fingerprint density at radius 3 is 2.23 bits per heavy atom. The van der Waals surface area contributed by atoms with E-state index in [1.807, 2.05) is 61.5 Å². The summed E-state index contributed by atoms with van der Waals surface area (Å²) in [6.45, 7) is 2.25. The van der Waals surface area contributed by atoms with Crippen molar-refractivity contribution in [1.29, 1.82) is 0 Å². The SMILES string of the molecule is CCCCOC(=O)N[C@@H](Cc1ccc(-c2ccccc2)cc1)C(=O)[O-].[K+]. The van der Waals surface area contributed by atoms with Crippen molar-refractivity contribution in [1.82, 2.24) is 5.32 Å². The van der Waals surface area contributed by atoms with Crippen LogP contribution in [0.1, 0.15) is 25.3 Å². The van der Waals surface area contributed by atoms with Crippen molar-refractivity contribution in [3.8, 4) is 11.1 Å². The number of carbonyl (C=O) groups is 2. The quantitative estimate of drug-likeness (QED) is 0.498. The first kappa shape index (κ1) is 22.9. The molecule has 1 N–H and O–H groups in total. The largest absolute Gasteiger partial charge is 1.00 e. The van der Waals surface area contributed by atoms with Crippen LogP contribution in [0.3, 0.4) is 0 Å². The number of carboxylic acid groups (broad SMARTS) is 1. The standard InChI is InChI=1S/C20H23NO4.K/c1-2-3-13-25-20(24)21-18(19(22)23)14-15-9-11-17(12-10-15)16-7-5-4-6-8-16;/h4-12,18H,2-3,13-14H2,1H3,(H,21,24)(H,22,23);/q;+1/p-1/t18-;/m0./s1. The Hall–Kier alpha value is -1.18. The second kappa shape index (κ2) is 12.2. The van der Waals surface area contributed by atoms with Gasteiger partial charge in [0.15, 0.2) is 0 Å². The van der Waals surface area contributed by atoms with Crippen LogP contribution in [-0.4, -0.2) is 24.7 Å². The van der Waals surface area contributed by atoms with E-state index in [9.17, 15) is 14.7 Å². The van der Waals surface area contributed by atoms with Gasteiger partial charge in [0, 0.05) is 0 Å². The molecule has 0 radical (unpaired) electrons. The molecule has 0 aliphatic heterocycles. The van der Waals surface area contributed by atoms with E-state index in [2.05, 4.69) is 5.32 Å². The number of amides is 1. The van der Waals surface area contributed by atoms with Crippen molar-refractivity contribution in [3.05, 3.63) is 60.2 Å². The summed E-state index contributed by atoms with van der Waals surface area (Å²) in [5.41, 5.74) is 2.92. The van der Waals surface area contributed by atoms with Crippen LogP contribution in [0.4, 0.5) is 4.79 Å². The number of hydrogen-bond acceptors (Lipinski definition) is 4. The van der Waals surface area contributed by atoms with Crippen molar-refractivity contribution < 1.29 is 70.8 Å². The Morgan fingerprint density at radius 2 is 1.65 bits per heavy atom. The maximum absolute atomic E-state index is 11.6. The summed E-state index contributed by atoms with van der Waals surface area (Å²) in [7, 11) is 0. The van der Waals surface area contributed by atoms with Crippen LogP contribution in [0, 0.1) is 0 Å². The fourth-order valence-corrected chi connectivity index (χ4v) is 2.39. The van der Waals surface area contributed by atoms with E-state index in [-0.39, 0.29) is 64.4 Å². The maximum atomic E-state index is 11.6. The number of unbranched alkanes of at least 4 members (excludes halogenated alkanes) is 1. The molecular weight excluding hydrogens is 357 g/mol. The van der Waals surface area contributed by atoms with Crippen LogP contribution in [0.5, 0.6) is 0 Å². The molecule has 2 rings (SSSR count). The molecule has 0 saturated heterocycles. The fraction of sp³-hybridized carbons (Fsp3) is 0.300. The predicted molar refractivity (Wildman–Crippen MR) is 93.8 cm³/mol. The molecule has 0 aromatic heterocycles. The Balaban J connectivity index is 0.00000338. The van der Waals surface area contributed by atoms with Crippen LogP contribution in [0.2, 0.25) is 0 Å². The molecule has 1 atom stereocenters. The second-order valence-electron chi connectivity index (χ2n) is 5.77. The van der Waals surface area contributed by atoms with Gasteiger partial charge in [-0.05, 0) is 29.5 Å². The van der Waals surface area contributed by atoms with Crippen LogP contribution < -0.4 is 61.8 Å². The Kier molecular flexibility index (Phi) is 10.8. The molecule has 0 bridgehead atoms. The first-order valence-electron chi connectivity index (χ1n) is 8.38. The molecular formula is C20H22KNO4. The van der Waals surface area contributed by atoms with Gasteiger partial charge < -0.3 is 20.0 Å². The number of rotatable bonds is 8. The molecule has 0 fully saturated rings. The van der Waals surface area contributed by atoms with Crippen molar-refractivity contribution in [2.24, 2.45) is 0 Å². The summed E-state index contributed by atoms with van der Waals surface area (Å²) >= 11 is 0. The molecule has 5 nitrogen and oxygen atoms in total. The van der Waals surface area contributed by atoms with E-state index < -0.39 is 18.1 Å². The number of alkyl carbamates (subject to hydrolysis) is 1. The van der Waals surface area contributed by atoms with Crippen LogP contribution in [-0.2, 0) is 16.0 Å². The van der Waals surface area contributed by atoms with Crippen molar-refractivity contribution in [3.63, 3.8) is 0 Å². The number of hydrogen-bond donors (Lipinski definition) is 1. The van der Waals surface area contributed by atoms with E-state index in [4.69, 9.17) is 4.74 Å². The first-order valence-corrected chi connectivity index (χ1v) is 8.38. The molecule has 0 saturated carbocycles. The van der Waals surface area contributed by atoms with Gasteiger partial charge in [0.2, 0.25) is 0 Å². The smallest absolute Gasteiger partial charge is 0.548 e. The van der Waals surface area contributed by atoms with Gasteiger partial charge in [-0.25, -0.2) is 4.79 Å². The maximum Gasteiger partial charge on any atom is 1.00 e. The summed E-state index contributed by atoms with van der Waals surface area (Å²) in [6, 6.07) is 16.3. The van der Waals surface area contributed by atoms with Gasteiger partial charge in [-0.1, -0.05) is 67.9 Å². The summed E-state index contributed by atoms with van der Waals surface area (Å²) in [5.74, 6) is -1.33. The zero-order chi connectivity index (χ0) is 18.1. The van der Waals surface area contributed by atoms with Gasteiger partial charge in [-0.3, -0.25) is 0 Å². The Labute approximate surface area is 196 Å². The van der Waals surface area contributed by atoms with Crippen molar-refractivity contribution >= 4 is 12.1 Å². The average molecular weight is 379 g/mol. The van der Waals surface area contributed by atoms with Gasteiger partial charge in [-0.2, -0.15) is 0 Å². The molecule has 6 heteroatoms. The minimum absolute atomic E-state index is 0. The second-order valence-corrected chi connectivity index (χ2v) is 5.77. The van der Waals surface area contributed by atoms with Gasteiger partial charge in [0.1, 0.15) is 0 Å². The minimum Gasteiger partial charge on any atom is -0.548 e. The molecule has 0 unspecified atom stereocenters. The number of ether oxygens (including phenoxy) is 1. The van der Waals surface area contributed by atoms with Gasteiger partial charge in [0.25, 0.3) is 0 Å². The zero-order valence-corrected chi connectivity index (χ0v) is 18.4. The van der Waals surface area contributed by atoms with Gasteiger partial charge in [-0.15, -0.1) is 0 Å². The number of aliphatic carboxylic acids is 1. The molecule has 0 spiro atoms. The molecule has 26 heavy (non-hydrogen) atoms. The van der Waals surface area contributed by atoms with Gasteiger partial charge in [0.05, 0.1) is 18.6 Å². The van der Waals surface area contributed by atoms with Crippen LogP contribution in [0.15, 0.2) is 54.6 Å². The van der Waals surface area contributed by atoms with E-state index in [0.717, 1.165) is 29.5 Å². The third kappa shape index (κ3) is 7.59. The zero-order valence-electron chi connectivity index (χ0n) is 15.2. The third-order valence-corrected chi connectivity index (χ3v) is 3.81. The Bertz CT molecular complexity index is 689. The van der Waals surface area contributed by atoms with E-state index in [1.165, 1.54) is 0 Å². The molecule has 0 aliphatic rings. The molecule has 1 amide bonds. The van der Waals surface area contributed by atoms with Crippen LogP contribution >= 0.6 is 0 Å². The van der Waals surface area contributed by atoms with E-state index in [0.29, 0.717) is 0 Å². The summed E-state index contributed by atoms with van der Waals surface area (Å²) in [5, 5.41) is 13.6. The van der Waals surface area contributed by atoms with E-state index in [1.54, 1.807) is 0 Å². The summed E-state index contributed by atoms with van der Waals surface area (Å²) in [4.78, 5) is 22.9. The predicted octanol–water partition coefficient (Wildman–Crippen LogP) is -0.455. The molecule has 2 aromatic rings. The minimum atomic E-state index is -1.33. The van der Waals surface area contributed by atoms with Crippen molar-refractivity contribution in [2.75, 3.05) is 6.61 Å². The molecule has 0 heterocycles. The number of benzene rings is 2. The number of carbonyl (C=O) groups excluding carboxylic acids is 2. The molecule has 2 aromatic carbocycles. The Morgan fingerprint density at radius 1 is 1.04 bits per heavy atom. The number of carboxylic acids is 1. The summed E-state index contributed by atoms with van der Waals surface area (Å²) < 4.78 is 4.94. The summed E-state index contributed by atoms with van der Waals surface area (Å²) in [6.07, 6.45) is 1.04. The third-order valence-electron chi connectivity index (χ3n) is 3.81. The van der Waals surface area contributed by atoms with Crippen molar-refractivity contribution in [2.45, 2.75) is 32.2 Å². The normalized spacial score (nSPS) is 11.1. The molecule has 132 valence electrons. The van der Waals surface area contributed by atoms with Gasteiger partial charge >= 0.3 is 57.5 Å². The topological polar surface area (TPSA) is 78.5 Å². The average Bonchev–Trinajstić information content (AvgIpc) is 2.62. The first-order chi connectivity index (χ1) is 12.1. The molecule has 0 aliphatic carbocycles. The number of nitrogens with one attached hydrogen (secondary N) is 1. The van der Waals surface area contributed by atoms with Crippen LogP contribution in [0.25, 0.3) is 11.1 Å². The monoisotopic (exact) mass is 379 g/mol. The van der Waals surface area contributed by atoms with E-state index >= 15 is 0 Å².